The van der Waals surface area contributed by atoms with Crippen LogP contribution in [-0.4, -0.2) is 302 Å². The first-order valence-electron chi connectivity index (χ1n) is 45.3. The Kier molecular flexibility index (Phi) is 55.5. The first-order chi connectivity index (χ1) is 65.9. The van der Waals surface area contributed by atoms with E-state index in [0.29, 0.717) is 30.6 Å². The van der Waals surface area contributed by atoms with Crippen molar-refractivity contribution in [3.05, 3.63) is 29.8 Å². The summed E-state index contributed by atoms with van der Waals surface area (Å²) in [5.74, 6) is -14.8. The summed E-state index contributed by atoms with van der Waals surface area (Å²) in [7, 11) is 0. The highest BCUT2D eigenvalue weighted by Crippen LogP contribution is 2.33. The van der Waals surface area contributed by atoms with E-state index >= 15 is 24.0 Å². The number of carbonyl (C=O) groups excluding carboxylic acids is 12. The lowest BCUT2D eigenvalue weighted by molar-refractivity contribution is -0.142. The Hall–Kier alpha value is -15.3. The van der Waals surface area contributed by atoms with Crippen LogP contribution in [0.3, 0.4) is 0 Å². The SMILES string of the molecule is C#CCOc1ccc(C[C@H](NC(=O)[C@H](CCCNC(=N)N)NC(=O)[C@H](CCC(=O)O)NC(=O)[C@H](CCCNC(=N)N)NC(=O)[C@H](CCCNC(=N)N)NC(=O)[C@H](CCCNC(=N)N)NC(=O)[C@H](CCCNC(=N)N)NC(=O)[C@H](CCCNC(=N)N)NC(=O)[C@H](CCCNC(=N)N)NC(=O)[C@H](CCCNC(=N)N)NC(=O)[C@H](CCCNC(=N)N)NC(=O)CCCC[C@@H]2SC[C@@H]3NC(=O)N[C@@H]32)C(=O)O)cc1. The normalized spacial score (nSPS) is 15.5. The average molecular weight is 1980 g/mol. The zero-order valence-corrected chi connectivity index (χ0v) is 78.4. The second kappa shape index (κ2) is 65.4. The van der Waals surface area contributed by atoms with Crippen molar-refractivity contribution in [1.82, 2.24) is 117 Å². The maximum Gasteiger partial charge on any atom is 0.326 e. The number of hydrogen-bond donors (Lipinski definition) is 42. The molecule has 774 valence electrons. The number of urea groups is 1. The number of carboxylic acids is 2. The molecule has 1 aromatic rings. The number of nitrogens with two attached hydrogens (primary N) is 9. The van der Waals surface area contributed by atoms with Crippen molar-refractivity contribution in [3.63, 3.8) is 0 Å². The van der Waals surface area contributed by atoms with Crippen molar-refractivity contribution in [3.8, 4) is 18.1 Å². The second-order valence-electron chi connectivity index (χ2n) is 32.6. The summed E-state index contributed by atoms with van der Waals surface area (Å²) in [4.78, 5) is 199. The van der Waals surface area contributed by atoms with Crippen molar-refractivity contribution in [2.24, 2.45) is 51.6 Å². The number of terminal acetylenes is 1. The number of rotatable bonds is 70. The number of carbonyl (C=O) groups is 14. The van der Waals surface area contributed by atoms with Crippen molar-refractivity contribution in [1.29, 1.82) is 48.7 Å². The first kappa shape index (κ1) is 118. The van der Waals surface area contributed by atoms with Crippen LogP contribution in [0.15, 0.2) is 24.3 Å². The maximum atomic E-state index is 15.2. The minimum Gasteiger partial charge on any atom is -0.481 e. The molecular formula is C81H142N40O17S. The molecule has 2 heterocycles. The highest BCUT2D eigenvalue weighted by atomic mass is 32.2. The van der Waals surface area contributed by atoms with Gasteiger partial charge in [0.1, 0.15) is 78.8 Å². The van der Waals surface area contributed by atoms with Crippen LogP contribution in [-0.2, 0) is 68.7 Å². The number of fused-ring (bicyclic) bond motifs is 1. The summed E-state index contributed by atoms with van der Waals surface area (Å²) in [6.45, 7) is -0.557. The minimum absolute atomic E-state index is 0.00380. The van der Waals surface area contributed by atoms with Gasteiger partial charge in [-0.1, -0.05) is 24.5 Å². The number of ether oxygens (including phenoxy) is 1. The number of aliphatic carboxylic acids is 2. The average Bonchev–Trinajstić information content (AvgIpc) is 1.66. The maximum absolute atomic E-state index is 15.2. The molecule has 13 amide bonds. The fourth-order valence-corrected chi connectivity index (χ4v) is 15.8. The van der Waals surface area contributed by atoms with E-state index in [1.807, 2.05) is 0 Å². The molecule has 0 spiro atoms. The molecule has 0 aliphatic carbocycles. The van der Waals surface area contributed by atoms with Gasteiger partial charge in [0, 0.05) is 89.2 Å². The van der Waals surface area contributed by atoms with Gasteiger partial charge < -0.3 is 184 Å². The Morgan fingerprint density at radius 2 is 0.612 bits per heavy atom. The fraction of sp³-hybridized carbons (Fsp3) is 0.617. The molecule has 1 aromatic carbocycles. The Morgan fingerprint density at radius 1 is 0.360 bits per heavy atom. The molecule has 3 rings (SSSR count). The number of unbranched alkanes of at least 4 members (excludes halogenated alkanes) is 1. The van der Waals surface area contributed by atoms with Crippen LogP contribution >= 0.6 is 11.8 Å². The lowest BCUT2D eigenvalue weighted by atomic mass is 10.0. The molecular weight excluding hydrogens is 1840 g/mol. The van der Waals surface area contributed by atoms with Gasteiger partial charge in [-0.15, -0.1) is 6.42 Å². The van der Waals surface area contributed by atoms with E-state index in [1.165, 1.54) is 24.3 Å². The van der Waals surface area contributed by atoms with Crippen LogP contribution < -0.4 is 173 Å². The third kappa shape index (κ3) is 51.3. The van der Waals surface area contributed by atoms with Gasteiger partial charge in [0.25, 0.3) is 0 Å². The number of benzene rings is 1. The summed E-state index contributed by atoms with van der Waals surface area (Å²) in [5.41, 5.74) is 50.6. The lowest BCUT2D eigenvalue weighted by Gasteiger charge is -2.29. The van der Waals surface area contributed by atoms with E-state index in [4.69, 9.17) is 111 Å². The van der Waals surface area contributed by atoms with Crippen LogP contribution in [0.25, 0.3) is 0 Å². The number of amides is 13. The summed E-state index contributed by atoms with van der Waals surface area (Å²) in [6.07, 6.45) is 2.71. The monoisotopic (exact) mass is 1980 g/mol. The van der Waals surface area contributed by atoms with Gasteiger partial charge in [0.05, 0.1) is 12.1 Å². The molecule has 0 unspecified atom stereocenters. The Bertz CT molecular complexity index is 4380. The number of thioether (sulfide) groups is 1. The van der Waals surface area contributed by atoms with E-state index in [0.717, 1.165) is 5.75 Å². The quantitative estimate of drug-likeness (QED) is 0.00947. The van der Waals surface area contributed by atoms with E-state index in [9.17, 15) is 53.4 Å². The minimum atomic E-state index is -1.85. The molecule has 14 atom stereocenters. The fourth-order valence-electron chi connectivity index (χ4n) is 14.3. The van der Waals surface area contributed by atoms with Crippen molar-refractivity contribution in [2.75, 3.05) is 71.3 Å². The van der Waals surface area contributed by atoms with Gasteiger partial charge in [-0.3, -0.25) is 106 Å². The predicted octanol–water partition coefficient (Wildman–Crippen LogP) is -10.4. The van der Waals surface area contributed by atoms with Gasteiger partial charge in [0.15, 0.2) is 53.6 Å². The Morgan fingerprint density at radius 3 is 0.856 bits per heavy atom. The van der Waals surface area contributed by atoms with Crippen LogP contribution in [0.4, 0.5) is 4.79 Å². The number of guanidine groups is 9. The molecule has 58 heteroatoms. The van der Waals surface area contributed by atoms with Gasteiger partial charge in [-0.05, 0) is 153 Å². The highest BCUT2D eigenvalue weighted by molar-refractivity contribution is 8.00. The molecule has 0 aromatic heterocycles. The van der Waals surface area contributed by atoms with Crippen molar-refractivity contribution >= 4 is 148 Å². The molecule has 139 heavy (non-hydrogen) atoms. The predicted molar refractivity (Wildman–Crippen MR) is 517 cm³/mol. The molecule has 0 saturated carbocycles. The molecule has 51 N–H and O–H groups in total. The van der Waals surface area contributed by atoms with Gasteiger partial charge in [-0.2, -0.15) is 11.8 Å². The largest absolute Gasteiger partial charge is 0.481 e. The molecule has 2 aliphatic rings. The van der Waals surface area contributed by atoms with E-state index in [-0.39, 0.29) is 223 Å². The Labute approximate surface area is 807 Å². The van der Waals surface area contributed by atoms with Crippen LogP contribution in [0.1, 0.15) is 160 Å². The Balaban J connectivity index is 2.15. The summed E-state index contributed by atoms with van der Waals surface area (Å²) in [5, 5.41) is 148. The molecule has 2 aliphatic heterocycles. The van der Waals surface area contributed by atoms with E-state index in [1.54, 1.807) is 11.8 Å². The third-order valence-electron chi connectivity index (χ3n) is 21.2. The number of hydrogen-bond acceptors (Lipinski definition) is 25. The molecule has 2 fully saturated rings. The highest BCUT2D eigenvalue weighted by Gasteiger charge is 2.43. The standard InChI is InChI=1S/C81H142N40O17S/c1-2-40-138-44-27-25-43(26-28-44)41-55(71(135)136)119-69(133)53(22-13-39-108-80(98)99)117-70(134)54(29-30-59(123)124)118-68(132)52(21-12-38-107-79(96)97)116-67(131)51(20-11-37-106-78(94)95)115-66(130)50(19-10-36-105-77(92)93)114-65(129)49(18-9-35-104-76(90)91)113-64(128)48(17-8-34-103-75(88)89)112-63(127)47(16-7-33-102-74(86)87)111-62(126)46(15-6-32-101-73(84)85)110-61(125)45(14-5-31-100-72(82)83)109-58(122)24-4-3-23-57-60-56(42-139-57)120-81(137)121-60/h1,25-28,45-57,60H,3-24,29-42H2,(H,109,122)(H,110,125)(H,111,126)(H,112,127)(H,113,128)(H,114,129)(H,115,130)(H,116,131)(H,117,134)(H,118,132)(H,119,133)(H,123,124)(H,135,136)(H4,82,83,100)(H4,84,85,101)(H4,86,87,102)(H4,88,89,103)(H4,90,91,104)(H4,92,93,105)(H4,94,95,106)(H4,96,97,107)(H4,98,99,108)(H2,120,121,137)/t45-,46-,47-,48-,49-,50-,51-,52-,53-,54-,55-,56-,57-,60-/m0/s1. The molecule has 2 saturated heterocycles. The zero-order chi connectivity index (χ0) is 103. The van der Waals surface area contributed by atoms with Gasteiger partial charge in [0.2, 0.25) is 65.0 Å². The van der Waals surface area contributed by atoms with Gasteiger partial charge in [-0.25, -0.2) is 9.59 Å². The lowest BCUT2D eigenvalue weighted by Crippen LogP contribution is -2.61. The number of nitrogens with one attached hydrogen (secondary N) is 31. The second-order valence-corrected chi connectivity index (χ2v) is 33.8. The molecule has 0 bridgehead atoms. The zero-order valence-electron chi connectivity index (χ0n) is 77.5. The molecule has 0 radical (unpaired) electrons. The van der Waals surface area contributed by atoms with Gasteiger partial charge >= 0.3 is 18.0 Å². The van der Waals surface area contributed by atoms with Crippen LogP contribution in [0.2, 0.25) is 0 Å². The topological polar surface area (TPSA) is 1000 Å². The number of carboxylic acid groups (broad SMARTS) is 2. The first-order valence-corrected chi connectivity index (χ1v) is 46.3. The third-order valence-corrected chi connectivity index (χ3v) is 22.7. The van der Waals surface area contributed by atoms with Crippen molar-refractivity contribution < 1.29 is 82.1 Å². The van der Waals surface area contributed by atoms with Crippen molar-refractivity contribution in [2.45, 2.75) is 244 Å². The summed E-state index contributed by atoms with van der Waals surface area (Å²) in [6, 6.07) is -12.2. The smallest absolute Gasteiger partial charge is 0.326 e. The summed E-state index contributed by atoms with van der Waals surface area (Å²) < 4.78 is 5.40. The van der Waals surface area contributed by atoms with E-state index < -0.39 is 204 Å². The van der Waals surface area contributed by atoms with E-state index in [2.05, 4.69) is 123 Å². The van der Waals surface area contributed by atoms with Crippen LogP contribution in [0.5, 0.6) is 5.75 Å². The summed E-state index contributed by atoms with van der Waals surface area (Å²) >= 11 is 1.71. The molecule has 57 nitrogen and oxygen atoms in total. The van der Waals surface area contributed by atoms with Crippen LogP contribution in [0, 0.1) is 61.0 Å².